The van der Waals surface area contributed by atoms with Crippen LogP contribution in [0.4, 0.5) is 0 Å². The molecule has 0 radical (unpaired) electrons. The van der Waals surface area contributed by atoms with Crippen molar-refractivity contribution < 1.29 is 4.74 Å². The van der Waals surface area contributed by atoms with Crippen molar-refractivity contribution in [2.45, 2.75) is 43.7 Å². The van der Waals surface area contributed by atoms with Gasteiger partial charge in [-0.1, -0.05) is 60.7 Å². The number of ether oxygens (including phenoxy) is 1. The summed E-state index contributed by atoms with van der Waals surface area (Å²) in [5, 5.41) is 7.65. The Morgan fingerprint density at radius 1 is 1.09 bits per heavy atom. The summed E-state index contributed by atoms with van der Waals surface area (Å²) in [6.07, 6.45) is 3.18. The predicted molar refractivity (Wildman–Crippen MR) is 143 cm³/mol. The first-order chi connectivity index (χ1) is 15.2. The molecule has 5 nitrogen and oxygen atoms in total. The van der Waals surface area contributed by atoms with Crippen molar-refractivity contribution in [2.24, 2.45) is 4.99 Å². The first kappa shape index (κ1) is 25.0. The van der Waals surface area contributed by atoms with Crippen LogP contribution in [-0.4, -0.2) is 56.3 Å². The van der Waals surface area contributed by atoms with E-state index in [1.54, 1.807) is 0 Å². The summed E-state index contributed by atoms with van der Waals surface area (Å²) >= 11 is 0. The first-order valence-corrected chi connectivity index (χ1v) is 11.6. The predicted octanol–water partition coefficient (Wildman–Crippen LogP) is 4.57. The lowest BCUT2D eigenvalue weighted by atomic mass is 9.88. The van der Waals surface area contributed by atoms with Gasteiger partial charge in [-0.3, -0.25) is 4.99 Å². The van der Waals surface area contributed by atoms with E-state index in [0.29, 0.717) is 5.92 Å². The van der Waals surface area contributed by atoms with Crippen LogP contribution >= 0.6 is 24.0 Å². The summed E-state index contributed by atoms with van der Waals surface area (Å²) < 4.78 is 5.70. The maximum absolute atomic E-state index is 5.70. The lowest BCUT2D eigenvalue weighted by Gasteiger charge is -2.41. The van der Waals surface area contributed by atoms with Crippen LogP contribution in [0.1, 0.15) is 49.3 Å². The average molecular weight is 549 g/mol. The zero-order chi connectivity index (χ0) is 21.5. The number of likely N-dealkylation sites (tertiary alicyclic amines) is 1. The Morgan fingerprint density at radius 3 is 2.41 bits per heavy atom. The Labute approximate surface area is 210 Å². The van der Waals surface area contributed by atoms with Crippen LogP contribution in [-0.2, 0) is 4.74 Å². The summed E-state index contributed by atoms with van der Waals surface area (Å²) in [4.78, 5) is 7.03. The zero-order valence-corrected chi connectivity index (χ0v) is 21.6. The van der Waals surface area contributed by atoms with Gasteiger partial charge in [0.05, 0.1) is 0 Å². The van der Waals surface area contributed by atoms with E-state index in [4.69, 9.17) is 4.74 Å². The van der Waals surface area contributed by atoms with Gasteiger partial charge in [0.2, 0.25) is 0 Å². The molecule has 2 heterocycles. The monoisotopic (exact) mass is 548 g/mol. The average Bonchev–Trinajstić information content (AvgIpc) is 3.31. The molecule has 2 aliphatic heterocycles. The number of aliphatic imine (C=N–C) groups is 1. The van der Waals surface area contributed by atoms with Crippen molar-refractivity contribution in [1.82, 2.24) is 15.5 Å². The molecule has 0 bridgehead atoms. The van der Waals surface area contributed by atoms with Gasteiger partial charge in [-0.25, -0.2) is 0 Å². The van der Waals surface area contributed by atoms with Crippen molar-refractivity contribution in [2.75, 3.05) is 39.9 Å². The molecule has 0 saturated carbocycles. The Bertz CT molecular complexity index is 839. The number of nitrogens with zero attached hydrogens (tertiary/aromatic N) is 2. The second-order valence-electron chi connectivity index (χ2n) is 8.91. The number of hydrogen-bond donors (Lipinski definition) is 2. The Balaban J connectivity index is 0.00000289. The number of benzene rings is 2. The third kappa shape index (κ3) is 6.23. The van der Waals surface area contributed by atoms with Crippen LogP contribution in [0.5, 0.6) is 0 Å². The standard InChI is InChI=1S/C26H36N4O.HI/c1-21(22-9-5-3-6-10-22)29-26(14-17-31-18-15-26)20-28-25(27-2)30-16-13-24(19-30)23-11-7-4-8-12-23;/h3-12,21,24,29H,13-20H2,1-2H3,(H,27,28);1H. The molecule has 2 aliphatic rings. The molecule has 32 heavy (non-hydrogen) atoms. The van der Waals surface area contributed by atoms with Crippen LogP contribution in [0.3, 0.4) is 0 Å². The van der Waals surface area contributed by atoms with Gasteiger partial charge in [0, 0.05) is 57.4 Å². The molecule has 4 rings (SSSR count). The fourth-order valence-corrected chi connectivity index (χ4v) is 4.95. The molecule has 2 saturated heterocycles. The van der Waals surface area contributed by atoms with Crippen molar-refractivity contribution in [3.8, 4) is 0 Å². The number of guanidine groups is 1. The smallest absolute Gasteiger partial charge is 0.193 e. The van der Waals surface area contributed by atoms with E-state index in [-0.39, 0.29) is 35.6 Å². The van der Waals surface area contributed by atoms with Gasteiger partial charge < -0.3 is 20.3 Å². The minimum atomic E-state index is 0. The molecule has 0 aliphatic carbocycles. The van der Waals surface area contributed by atoms with Crippen LogP contribution in [0.2, 0.25) is 0 Å². The van der Waals surface area contributed by atoms with Gasteiger partial charge in [0.25, 0.3) is 0 Å². The molecular weight excluding hydrogens is 511 g/mol. The fourth-order valence-electron chi connectivity index (χ4n) is 4.95. The Kier molecular flexibility index (Phi) is 9.37. The highest BCUT2D eigenvalue weighted by Crippen LogP contribution is 2.28. The van der Waals surface area contributed by atoms with Gasteiger partial charge in [-0.2, -0.15) is 0 Å². The molecule has 2 N–H and O–H groups in total. The third-order valence-electron chi connectivity index (χ3n) is 6.83. The topological polar surface area (TPSA) is 48.9 Å². The van der Waals surface area contributed by atoms with E-state index in [2.05, 4.69) is 88.1 Å². The van der Waals surface area contributed by atoms with Crippen LogP contribution < -0.4 is 10.6 Å². The lowest BCUT2D eigenvalue weighted by Crippen LogP contribution is -2.58. The number of hydrogen-bond acceptors (Lipinski definition) is 3. The van der Waals surface area contributed by atoms with E-state index >= 15 is 0 Å². The molecule has 2 fully saturated rings. The minimum Gasteiger partial charge on any atom is -0.381 e. The zero-order valence-electron chi connectivity index (χ0n) is 19.3. The Hall–Kier alpha value is -1.64. The van der Waals surface area contributed by atoms with E-state index in [9.17, 15) is 0 Å². The third-order valence-corrected chi connectivity index (χ3v) is 6.83. The highest BCUT2D eigenvalue weighted by molar-refractivity contribution is 14.0. The SMILES string of the molecule is CN=C(NCC1(NC(C)c2ccccc2)CCOCC1)N1CCC(c2ccccc2)C1.I. The molecule has 2 aromatic rings. The maximum Gasteiger partial charge on any atom is 0.193 e. The first-order valence-electron chi connectivity index (χ1n) is 11.6. The normalized spacial score (nSPS) is 21.6. The van der Waals surface area contributed by atoms with E-state index < -0.39 is 0 Å². The van der Waals surface area contributed by atoms with Gasteiger partial charge in [-0.05, 0) is 37.3 Å². The largest absolute Gasteiger partial charge is 0.381 e. The molecule has 2 aromatic carbocycles. The van der Waals surface area contributed by atoms with E-state index in [1.807, 2.05) is 7.05 Å². The van der Waals surface area contributed by atoms with Crippen molar-refractivity contribution in [3.63, 3.8) is 0 Å². The van der Waals surface area contributed by atoms with E-state index in [1.165, 1.54) is 17.5 Å². The summed E-state index contributed by atoms with van der Waals surface area (Å²) in [5.74, 6) is 1.59. The molecule has 2 unspecified atom stereocenters. The number of nitrogens with one attached hydrogen (secondary N) is 2. The second kappa shape index (κ2) is 12.0. The van der Waals surface area contributed by atoms with E-state index in [0.717, 1.165) is 51.6 Å². The van der Waals surface area contributed by atoms with Crippen LogP contribution in [0.25, 0.3) is 0 Å². The lowest BCUT2D eigenvalue weighted by molar-refractivity contribution is 0.0353. The van der Waals surface area contributed by atoms with Gasteiger partial charge in [0.15, 0.2) is 5.96 Å². The molecule has 6 heteroatoms. The minimum absolute atomic E-state index is 0. The van der Waals surface area contributed by atoms with Crippen molar-refractivity contribution in [1.29, 1.82) is 0 Å². The maximum atomic E-state index is 5.70. The highest BCUT2D eigenvalue weighted by atomic mass is 127. The van der Waals surface area contributed by atoms with Crippen LogP contribution in [0, 0.1) is 0 Å². The molecule has 0 amide bonds. The van der Waals surface area contributed by atoms with Gasteiger partial charge in [0.1, 0.15) is 0 Å². The Morgan fingerprint density at radius 2 is 1.75 bits per heavy atom. The number of halogens is 1. The summed E-state index contributed by atoms with van der Waals surface area (Å²) in [5.41, 5.74) is 2.75. The molecule has 174 valence electrons. The van der Waals surface area contributed by atoms with Crippen molar-refractivity contribution >= 4 is 29.9 Å². The summed E-state index contributed by atoms with van der Waals surface area (Å²) in [6.45, 7) is 6.78. The quantitative estimate of drug-likeness (QED) is 0.316. The molecule has 2 atom stereocenters. The molecule has 0 spiro atoms. The number of rotatable bonds is 6. The molecule has 0 aromatic heterocycles. The van der Waals surface area contributed by atoms with Gasteiger partial charge in [-0.15, -0.1) is 24.0 Å². The molecular formula is C26H37IN4O. The highest BCUT2D eigenvalue weighted by Gasteiger charge is 2.35. The van der Waals surface area contributed by atoms with Crippen molar-refractivity contribution in [3.05, 3.63) is 71.8 Å². The van der Waals surface area contributed by atoms with Crippen LogP contribution in [0.15, 0.2) is 65.7 Å². The summed E-state index contributed by atoms with van der Waals surface area (Å²) in [6, 6.07) is 21.8. The fraction of sp³-hybridized carbons (Fsp3) is 0.500. The van der Waals surface area contributed by atoms with Gasteiger partial charge >= 0.3 is 0 Å². The summed E-state index contributed by atoms with van der Waals surface area (Å²) in [7, 11) is 1.90. The second-order valence-corrected chi connectivity index (χ2v) is 8.91.